The summed E-state index contributed by atoms with van der Waals surface area (Å²) in [5.41, 5.74) is 2.19. The van der Waals surface area contributed by atoms with E-state index in [4.69, 9.17) is 15.3 Å². The normalized spacial score (nSPS) is 16.8. The quantitative estimate of drug-likeness (QED) is 0.852. The Morgan fingerprint density at radius 2 is 1.82 bits per heavy atom. The van der Waals surface area contributed by atoms with Crippen molar-refractivity contribution < 1.29 is 4.74 Å². The van der Waals surface area contributed by atoms with Crippen LogP contribution in [0, 0.1) is 34.5 Å². The fourth-order valence-electron chi connectivity index (χ4n) is 2.06. The second kappa shape index (κ2) is 7.15. The molecular formula is C18H17N3O. The molecule has 4 nitrogen and oxygen atoms in total. The average molecular weight is 291 g/mol. The minimum Gasteiger partial charge on any atom is -0.466 e. The summed E-state index contributed by atoms with van der Waals surface area (Å²) in [6.07, 6.45) is 8.82. The first kappa shape index (κ1) is 15.4. The maximum atomic E-state index is 8.94. The standard InChI is InChI=1S/C18H17N3O/c1-21(2)17-6-3-14(4-7-17)5-8-18-11-15(9-10-22-18)16(12-19)13-20/h3-11,15-16H,1-2H3. The zero-order valence-electron chi connectivity index (χ0n) is 12.6. The summed E-state index contributed by atoms with van der Waals surface area (Å²) < 4.78 is 5.40. The Labute approximate surface area is 130 Å². The maximum absolute atomic E-state index is 8.94. The minimum atomic E-state index is -0.692. The third-order valence-electron chi connectivity index (χ3n) is 3.37. The van der Waals surface area contributed by atoms with Gasteiger partial charge in [-0.05, 0) is 35.9 Å². The molecule has 1 aromatic carbocycles. The first-order valence-corrected chi connectivity index (χ1v) is 6.94. The van der Waals surface area contributed by atoms with Crippen LogP contribution in [-0.4, -0.2) is 14.1 Å². The number of nitrogens with zero attached hydrogens (tertiary/aromatic N) is 3. The molecule has 0 aliphatic carbocycles. The summed E-state index contributed by atoms with van der Waals surface area (Å²) in [7, 11) is 4.00. The molecule has 0 spiro atoms. The number of hydrogen-bond acceptors (Lipinski definition) is 4. The zero-order valence-corrected chi connectivity index (χ0v) is 12.6. The molecule has 4 heteroatoms. The summed E-state index contributed by atoms with van der Waals surface area (Å²) in [6, 6.07) is 12.1. The lowest BCUT2D eigenvalue weighted by Gasteiger charge is -2.14. The first-order valence-electron chi connectivity index (χ1n) is 6.94. The van der Waals surface area contributed by atoms with Crippen LogP contribution in [0.15, 0.2) is 54.5 Å². The molecule has 0 amide bonds. The van der Waals surface area contributed by atoms with Crippen molar-refractivity contribution in [2.24, 2.45) is 11.8 Å². The van der Waals surface area contributed by atoms with Gasteiger partial charge < -0.3 is 9.64 Å². The first-order chi connectivity index (χ1) is 10.6. The van der Waals surface area contributed by atoms with Crippen LogP contribution in [0.1, 0.15) is 5.56 Å². The lowest BCUT2D eigenvalue weighted by molar-refractivity contribution is 0.347. The van der Waals surface area contributed by atoms with Gasteiger partial charge >= 0.3 is 0 Å². The Morgan fingerprint density at radius 1 is 1.14 bits per heavy atom. The fourth-order valence-corrected chi connectivity index (χ4v) is 2.06. The van der Waals surface area contributed by atoms with Crippen LogP contribution in [-0.2, 0) is 4.74 Å². The van der Waals surface area contributed by atoms with Gasteiger partial charge in [-0.15, -0.1) is 0 Å². The molecule has 110 valence electrons. The van der Waals surface area contributed by atoms with Gasteiger partial charge in [-0.3, -0.25) is 0 Å². The highest BCUT2D eigenvalue weighted by Gasteiger charge is 2.19. The van der Waals surface area contributed by atoms with E-state index in [0.717, 1.165) is 11.3 Å². The summed E-state index contributed by atoms with van der Waals surface area (Å²) in [5, 5.41) is 17.9. The molecular weight excluding hydrogens is 274 g/mol. The lowest BCUT2D eigenvalue weighted by atomic mass is 9.93. The second-order valence-electron chi connectivity index (χ2n) is 5.15. The van der Waals surface area contributed by atoms with Crippen LogP contribution in [0.2, 0.25) is 0 Å². The molecule has 1 atom stereocenters. The molecule has 2 rings (SSSR count). The van der Waals surface area contributed by atoms with Crippen molar-refractivity contribution in [2.75, 3.05) is 19.0 Å². The van der Waals surface area contributed by atoms with Crippen LogP contribution in [0.5, 0.6) is 0 Å². The van der Waals surface area contributed by atoms with Gasteiger partial charge in [0, 0.05) is 25.7 Å². The topological polar surface area (TPSA) is 60.0 Å². The molecule has 1 aromatic rings. The zero-order chi connectivity index (χ0) is 15.9. The number of benzene rings is 1. The van der Waals surface area contributed by atoms with Crippen molar-refractivity contribution in [1.82, 2.24) is 0 Å². The van der Waals surface area contributed by atoms with Crippen LogP contribution >= 0.6 is 0 Å². The summed E-state index contributed by atoms with van der Waals surface area (Å²) in [5.74, 6) is -0.290. The van der Waals surface area contributed by atoms with Crippen molar-refractivity contribution in [1.29, 1.82) is 10.5 Å². The summed E-state index contributed by atoms with van der Waals surface area (Å²) >= 11 is 0. The van der Waals surface area contributed by atoms with Gasteiger partial charge in [0.05, 0.1) is 18.4 Å². The van der Waals surface area contributed by atoms with Crippen molar-refractivity contribution in [3.8, 4) is 12.1 Å². The van der Waals surface area contributed by atoms with E-state index in [-0.39, 0.29) is 5.92 Å². The third kappa shape index (κ3) is 3.77. The van der Waals surface area contributed by atoms with Crippen molar-refractivity contribution >= 4 is 11.8 Å². The van der Waals surface area contributed by atoms with Crippen LogP contribution in [0.25, 0.3) is 6.08 Å². The molecule has 1 aliphatic heterocycles. The predicted molar refractivity (Wildman–Crippen MR) is 86.3 cm³/mol. The highest BCUT2D eigenvalue weighted by atomic mass is 16.5. The van der Waals surface area contributed by atoms with E-state index in [2.05, 4.69) is 0 Å². The molecule has 0 saturated carbocycles. The highest BCUT2D eigenvalue weighted by molar-refractivity contribution is 5.57. The fraction of sp³-hybridized carbons (Fsp3) is 0.222. The van der Waals surface area contributed by atoms with Gasteiger partial charge in [-0.2, -0.15) is 10.5 Å². The van der Waals surface area contributed by atoms with Gasteiger partial charge in [0.2, 0.25) is 0 Å². The van der Waals surface area contributed by atoms with E-state index in [1.165, 1.54) is 6.26 Å². The van der Waals surface area contributed by atoms with E-state index in [1.807, 2.05) is 67.6 Å². The van der Waals surface area contributed by atoms with Gasteiger partial charge in [0.1, 0.15) is 11.7 Å². The summed E-state index contributed by atoms with van der Waals surface area (Å²) in [4.78, 5) is 2.04. The largest absolute Gasteiger partial charge is 0.466 e. The highest BCUT2D eigenvalue weighted by Crippen LogP contribution is 2.22. The minimum absolute atomic E-state index is 0.237. The number of rotatable bonds is 4. The molecule has 0 fully saturated rings. The monoisotopic (exact) mass is 291 g/mol. The van der Waals surface area contributed by atoms with E-state index < -0.39 is 5.92 Å². The lowest BCUT2D eigenvalue weighted by Crippen LogP contribution is -2.09. The third-order valence-corrected chi connectivity index (χ3v) is 3.37. The molecule has 1 heterocycles. The van der Waals surface area contributed by atoms with Crippen molar-refractivity contribution in [2.45, 2.75) is 0 Å². The van der Waals surface area contributed by atoms with Crippen LogP contribution in [0.4, 0.5) is 5.69 Å². The van der Waals surface area contributed by atoms with Crippen molar-refractivity contribution in [3.63, 3.8) is 0 Å². The Morgan fingerprint density at radius 3 is 2.41 bits per heavy atom. The number of anilines is 1. The predicted octanol–water partition coefficient (Wildman–Crippen LogP) is 3.47. The van der Waals surface area contributed by atoms with Crippen LogP contribution in [0.3, 0.4) is 0 Å². The molecule has 0 N–H and O–H groups in total. The maximum Gasteiger partial charge on any atom is 0.143 e. The Hall–Kier alpha value is -2.98. The average Bonchev–Trinajstić information content (AvgIpc) is 2.55. The second-order valence-corrected chi connectivity index (χ2v) is 5.15. The van der Waals surface area contributed by atoms with Gasteiger partial charge in [-0.1, -0.05) is 18.2 Å². The molecule has 0 saturated heterocycles. The van der Waals surface area contributed by atoms with Crippen LogP contribution < -0.4 is 4.90 Å². The number of allylic oxidation sites excluding steroid dienone is 3. The molecule has 1 aliphatic rings. The number of ether oxygens (including phenoxy) is 1. The smallest absolute Gasteiger partial charge is 0.143 e. The molecule has 0 bridgehead atoms. The Kier molecular flexibility index (Phi) is 5.01. The number of nitriles is 2. The van der Waals surface area contributed by atoms with Crippen molar-refractivity contribution in [3.05, 3.63) is 60.1 Å². The Balaban J connectivity index is 2.10. The molecule has 22 heavy (non-hydrogen) atoms. The van der Waals surface area contributed by atoms with Gasteiger partial charge in [0.15, 0.2) is 0 Å². The molecule has 1 unspecified atom stereocenters. The Bertz CT molecular complexity index is 671. The van der Waals surface area contributed by atoms with E-state index in [9.17, 15) is 0 Å². The van der Waals surface area contributed by atoms with E-state index >= 15 is 0 Å². The molecule has 0 aromatic heterocycles. The van der Waals surface area contributed by atoms with E-state index in [1.54, 1.807) is 12.2 Å². The summed E-state index contributed by atoms with van der Waals surface area (Å²) in [6.45, 7) is 0. The van der Waals surface area contributed by atoms with Gasteiger partial charge in [0.25, 0.3) is 0 Å². The van der Waals surface area contributed by atoms with E-state index in [0.29, 0.717) is 5.76 Å². The van der Waals surface area contributed by atoms with Gasteiger partial charge in [-0.25, -0.2) is 0 Å². The number of hydrogen-bond donors (Lipinski definition) is 0. The molecule has 0 radical (unpaired) electrons. The SMILES string of the molecule is CN(C)c1ccc(C=CC2=CC(C(C#N)C#N)C=CO2)cc1.